The molecule has 1 fully saturated rings. The number of nitrogens with zero attached hydrogens (tertiary/aromatic N) is 1. The van der Waals surface area contributed by atoms with E-state index in [4.69, 9.17) is 17.2 Å². The Morgan fingerprint density at radius 2 is 1.30 bits per heavy atom. The van der Waals surface area contributed by atoms with Gasteiger partial charge in [0, 0.05) is 48.5 Å². The number of primary amides is 1. The van der Waals surface area contributed by atoms with Crippen molar-refractivity contribution in [2.75, 3.05) is 25.1 Å². The Hall–Kier alpha value is -6.50. The number of benzene rings is 3. The molecule has 1 saturated heterocycles. The van der Waals surface area contributed by atoms with Crippen LogP contribution >= 0.6 is 21.6 Å². The summed E-state index contributed by atoms with van der Waals surface area (Å²) in [6, 6.07) is 13.9. The van der Waals surface area contributed by atoms with Crippen molar-refractivity contribution in [3.8, 4) is 0 Å². The summed E-state index contributed by atoms with van der Waals surface area (Å²) in [7, 11) is 3.41. The summed E-state index contributed by atoms with van der Waals surface area (Å²) in [6.45, 7) is 2.71. The van der Waals surface area contributed by atoms with Gasteiger partial charge >= 0.3 is 0 Å². The first-order valence-electron chi connectivity index (χ1n) is 24.0. The van der Waals surface area contributed by atoms with Gasteiger partial charge in [-0.2, -0.15) is 0 Å². The standard InChI is InChI=1S/C50H67N11O10S2/c1-28(62)41(43(53)64)59-47(68)39-26-72-73-27-40(61(3)50(71)34(52)22-30-14-6-4-7-15-30)48(69)57-37(23-31-16-8-5-9-17-31)45(66)56-38(24-32-25-54-35-19-11-10-18-33(32)35)46(67)55-36(20-12-13-21-51)44(65)60-42(29(2)63)49(70)58-39/h4-11,14-19,25,28-29,34,36-42,54,62-63H,12-13,20-24,26-27,51-52H2,1-3H3,(H2,53,64)(H,55,67)(H,56,66)(H,57,69)(H,58,70)(H,59,68)(H,60,65)/t28-,29-,34-,36+,37?,38-,39?,40+,41+,42?/m1/s1. The molecule has 1 aromatic heterocycles. The van der Waals surface area contributed by atoms with E-state index in [9.17, 15) is 48.6 Å². The average molecular weight is 1050 g/mol. The lowest BCUT2D eigenvalue weighted by Gasteiger charge is -2.31. The normalized spacial score (nSPS) is 22.5. The Morgan fingerprint density at radius 1 is 0.726 bits per heavy atom. The first kappa shape index (κ1) is 57.4. The first-order chi connectivity index (χ1) is 34.9. The first-order valence-corrected chi connectivity index (χ1v) is 26.4. The molecule has 0 bridgehead atoms. The Balaban J connectivity index is 1.59. The van der Waals surface area contributed by atoms with E-state index < -0.39 is 108 Å². The van der Waals surface area contributed by atoms with Gasteiger partial charge < -0.3 is 69.2 Å². The van der Waals surface area contributed by atoms with Crippen LogP contribution in [0.4, 0.5) is 0 Å². The van der Waals surface area contributed by atoms with Crippen LogP contribution in [-0.4, -0.2) is 153 Å². The van der Waals surface area contributed by atoms with Gasteiger partial charge in [0.05, 0.1) is 18.2 Å². The summed E-state index contributed by atoms with van der Waals surface area (Å²) in [5, 5.41) is 37.8. The summed E-state index contributed by atoms with van der Waals surface area (Å²) in [6.07, 6.45) is -0.536. The van der Waals surface area contributed by atoms with Crippen LogP contribution in [0.5, 0.6) is 0 Å². The molecule has 2 heterocycles. The van der Waals surface area contributed by atoms with E-state index in [1.807, 2.05) is 42.5 Å². The molecular weight excluding hydrogens is 979 g/mol. The molecule has 0 radical (unpaired) electrons. The second-order valence-corrected chi connectivity index (χ2v) is 20.5. The summed E-state index contributed by atoms with van der Waals surface area (Å²) >= 11 is 0. The van der Waals surface area contributed by atoms with Crippen LogP contribution in [0.15, 0.2) is 91.1 Å². The van der Waals surface area contributed by atoms with E-state index in [2.05, 4.69) is 36.9 Å². The van der Waals surface area contributed by atoms with E-state index in [0.29, 0.717) is 24.0 Å². The Morgan fingerprint density at radius 3 is 1.93 bits per heavy atom. The number of nitrogens with one attached hydrogen (secondary N) is 7. The van der Waals surface area contributed by atoms with Crippen LogP contribution in [0.25, 0.3) is 10.9 Å². The van der Waals surface area contributed by atoms with E-state index in [1.165, 1.54) is 25.8 Å². The number of hydrogen-bond donors (Lipinski definition) is 12. The van der Waals surface area contributed by atoms with Gasteiger partial charge in [-0.3, -0.25) is 38.4 Å². The fourth-order valence-corrected chi connectivity index (χ4v) is 10.6. The molecule has 1 aliphatic rings. The lowest BCUT2D eigenvalue weighted by molar-refractivity contribution is -0.140. The maximum atomic E-state index is 14.8. The van der Waals surface area contributed by atoms with E-state index in [1.54, 1.807) is 48.7 Å². The molecule has 3 unspecified atom stereocenters. The number of fused-ring (bicyclic) bond motifs is 1. The lowest BCUT2D eigenvalue weighted by Crippen LogP contribution is -2.62. The molecule has 0 spiro atoms. The van der Waals surface area contributed by atoms with Crippen LogP contribution in [0.3, 0.4) is 0 Å². The number of amides is 8. The van der Waals surface area contributed by atoms with Crippen LogP contribution in [0.2, 0.25) is 0 Å². The smallest absolute Gasteiger partial charge is 0.245 e. The van der Waals surface area contributed by atoms with Crippen molar-refractivity contribution in [1.29, 1.82) is 0 Å². The Kier molecular flexibility index (Phi) is 22.1. The highest BCUT2D eigenvalue weighted by molar-refractivity contribution is 8.76. The number of likely N-dealkylation sites (N-methyl/N-ethyl adjacent to an activating group) is 1. The quantitative estimate of drug-likeness (QED) is 0.0448. The number of carbonyl (C=O) groups is 8. The number of para-hydroxylation sites is 1. The zero-order valence-corrected chi connectivity index (χ0v) is 42.6. The summed E-state index contributed by atoms with van der Waals surface area (Å²) in [5.74, 6) is -7.33. The highest BCUT2D eigenvalue weighted by Gasteiger charge is 2.38. The predicted octanol–water partition coefficient (Wildman–Crippen LogP) is -0.970. The van der Waals surface area contributed by atoms with Crippen molar-refractivity contribution in [2.24, 2.45) is 17.2 Å². The molecule has 1 aliphatic heterocycles. The molecule has 394 valence electrons. The number of aromatic nitrogens is 1. The molecular formula is C50H67N11O10S2. The number of aliphatic hydroxyl groups is 2. The Bertz CT molecular complexity index is 2520. The van der Waals surface area contributed by atoms with Gasteiger partial charge in [-0.05, 0) is 68.8 Å². The third-order valence-corrected chi connectivity index (χ3v) is 14.7. The van der Waals surface area contributed by atoms with Crippen LogP contribution < -0.4 is 49.1 Å². The maximum absolute atomic E-state index is 14.8. The van der Waals surface area contributed by atoms with Crippen LogP contribution in [0, 0.1) is 0 Å². The van der Waals surface area contributed by atoms with E-state index in [0.717, 1.165) is 38.1 Å². The monoisotopic (exact) mass is 1050 g/mol. The van der Waals surface area contributed by atoms with Crippen molar-refractivity contribution >= 4 is 79.7 Å². The van der Waals surface area contributed by atoms with E-state index >= 15 is 0 Å². The number of unbranched alkanes of at least 4 members (excludes halogenated alkanes) is 1. The van der Waals surface area contributed by atoms with E-state index in [-0.39, 0.29) is 43.7 Å². The largest absolute Gasteiger partial charge is 0.391 e. The number of nitrogens with two attached hydrogens (primary N) is 3. The maximum Gasteiger partial charge on any atom is 0.245 e. The minimum absolute atomic E-state index is 0.0126. The molecule has 21 nitrogen and oxygen atoms in total. The number of aliphatic hydroxyl groups excluding tert-OH is 2. The molecule has 5 rings (SSSR count). The molecule has 10 atom stereocenters. The summed E-state index contributed by atoms with van der Waals surface area (Å²) < 4.78 is 0. The third-order valence-electron chi connectivity index (χ3n) is 12.3. The highest BCUT2D eigenvalue weighted by atomic mass is 33.1. The lowest BCUT2D eigenvalue weighted by atomic mass is 10.0. The van der Waals surface area contributed by atoms with Gasteiger partial charge in [0.1, 0.15) is 42.3 Å². The Labute approximate surface area is 431 Å². The zero-order valence-electron chi connectivity index (χ0n) is 41.0. The van der Waals surface area contributed by atoms with Gasteiger partial charge in [-0.15, -0.1) is 0 Å². The van der Waals surface area contributed by atoms with Crippen LogP contribution in [0.1, 0.15) is 49.8 Å². The SMILES string of the molecule is C[C@@H](O)C1NC(=O)[C@H](CCCCN)NC(=O)[C@@H](Cc2c[nH]c3ccccc23)NC(=O)C(Cc2ccccc2)NC(=O)[C@@H](N(C)C(=O)[C@H](N)Cc2ccccc2)CSSCC(C(=O)N[C@H](C(N)=O)[C@@H](C)O)NC1=O. The molecule has 73 heavy (non-hydrogen) atoms. The molecule has 8 amide bonds. The van der Waals surface area contributed by atoms with Gasteiger partial charge in [-0.25, -0.2) is 0 Å². The number of H-pyrrole nitrogens is 1. The topological polar surface area (TPSA) is 346 Å². The van der Waals surface area contributed by atoms with Crippen molar-refractivity contribution in [3.05, 3.63) is 108 Å². The highest BCUT2D eigenvalue weighted by Crippen LogP contribution is 2.26. The average Bonchev–Trinajstić information content (AvgIpc) is 3.77. The van der Waals surface area contributed by atoms with Crippen molar-refractivity contribution < 1.29 is 48.6 Å². The molecule has 4 aromatic rings. The zero-order chi connectivity index (χ0) is 53.2. The summed E-state index contributed by atoms with van der Waals surface area (Å²) in [4.78, 5) is 117. The minimum Gasteiger partial charge on any atom is -0.391 e. The minimum atomic E-state index is -1.71. The third kappa shape index (κ3) is 16.8. The predicted molar refractivity (Wildman–Crippen MR) is 279 cm³/mol. The number of rotatable bonds is 17. The number of hydrogen-bond acceptors (Lipinski definition) is 14. The fourth-order valence-electron chi connectivity index (χ4n) is 8.11. The fraction of sp³-hybridized carbons (Fsp3) is 0.440. The van der Waals surface area contributed by atoms with Crippen molar-refractivity contribution in [3.63, 3.8) is 0 Å². The summed E-state index contributed by atoms with van der Waals surface area (Å²) in [5.41, 5.74) is 20.5. The van der Waals surface area contributed by atoms with Gasteiger partial charge in [-0.1, -0.05) is 100 Å². The van der Waals surface area contributed by atoms with Gasteiger partial charge in [0.15, 0.2) is 0 Å². The second kappa shape index (κ2) is 28.1. The molecule has 23 heteroatoms. The van der Waals surface area contributed by atoms with Crippen molar-refractivity contribution in [2.45, 2.75) is 113 Å². The number of carbonyl (C=O) groups excluding carboxylic acids is 8. The van der Waals surface area contributed by atoms with Crippen molar-refractivity contribution in [1.82, 2.24) is 41.8 Å². The van der Waals surface area contributed by atoms with Gasteiger partial charge in [0.2, 0.25) is 47.3 Å². The van der Waals surface area contributed by atoms with Gasteiger partial charge in [0.25, 0.3) is 0 Å². The molecule has 0 saturated carbocycles. The second-order valence-electron chi connectivity index (χ2n) is 18.0. The molecule has 0 aliphatic carbocycles. The number of aromatic amines is 1. The molecule has 15 N–H and O–H groups in total. The molecule has 3 aromatic carbocycles. The van der Waals surface area contributed by atoms with Crippen LogP contribution in [-0.2, 0) is 57.6 Å².